The smallest absolute Gasteiger partial charge is 0.413 e. The van der Waals surface area contributed by atoms with E-state index in [1.54, 1.807) is 99.2 Å². The molecule has 3 atom stereocenters. The lowest BCUT2D eigenvalue weighted by atomic mass is 10.00. The van der Waals surface area contributed by atoms with Crippen molar-refractivity contribution in [1.82, 2.24) is 25.1 Å². The molecule has 29 heteroatoms. The molecule has 2 fully saturated rings. The number of hydrogen-bond donors (Lipinski definition) is 3. The molecular formula is C82H90ClN8O18S2+. The molecule has 2 saturated heterocycles. The van der Waals surface area contributed by atoms with E-state index in [-0.39, 0.29) is 70.5 Å². The van der Waals surface area contributed by atoms with Crippen LogP contribution >= 0.6 is 34.7 Å². The monoisotopic (exact) mass is 1570 g/mol. The minimum Gasteiger partial charge on any atom is -0.497 e. The van der Waals surface area contributed by atoms with Gasteiger partial charge >= 0.3 is 24.0 Å². The molecule has 111 heavy (non-hydrogen) atoms. The Balaban J connectivity index is 0.888. The number of esters is 3. The average molecular weight is 1580 g/mol. The second-order valence-corrected chi connectivity index (χ2v) is 31.5. The first-order valence-corrected chi connectivity index (χ1v) is 38.4. The quantitative estimate of drug-likeness (QED) is 0.00908. The Morgan fingerprint density at radius 2 is 1.31 bits per heavy atom. The second-order valence-electron chi connectivity index (χ2n) is 28.8. The van der Waals surface area contributed by atoms with Gasteiger partial charge in [-0.1, -0.05) is 125 Å². The molecule has 8 aromatic rings. The van der Waals surface area contributed by atoms with E-state index in [2.05, 4.69) is 26.1 Å². The molecule has 2 aromatic heterocycles. The van der Waals surface area contributed by atoms with Gasteiger partial charge in [0.15, 0.2) is 28.4 Å². The molecule has 0 unspecified atom stereocenters. The van der Waals surface area contributed by atoms with E-state index in [1.165, 1.54) is 23.8 Å². The highest BCUT2D eigenvalue weighted by Gasteiger charge is 2.56. The molecule has 3 N–H and O–H groups in total. The molecule has 0 saturated carbocycles. The maximum atomic E-state index is 15.6. The number of ether oxygens (including phenoxy) is 9. The van der Waals surface area contributed by atoms with Gasteiger partial charge in [-0.3, -0.25) is 34.2 Å². The van der Waals surface area contributed by atoms with E-state index in [4.69, 9.17) is 59.1 Å². The molecule has 3 aliphatic rings. The number of fused-ring (bicyclic) bond motifs is 2. The fraction of sp³-hybridized carbons (Fsp3) is 0.366. The fourth-order valence-electron chi connectivity index (χ4n) is 13.1. The third-order valence-electron chi connectivity index (χ3n) is 18.6. The van der Waals surface area contributed by atoms with Gasteiger partial charge in [-0.15, -0.1) is 11.8 Å². The number of thioether (sulfide) groups is 1. The summed E-state index contributed by atoms with van der Waals surface area (Å²) in [5.74, 6) is -2.34. The van der Waals surface area contributed by atoms with Crippen molar-refractivity contribution in [3.63, 3.8) is 0 Å². The molecule has 0 spiro atoms. The maximum Gasteiger partial charge on any atom is 0.413 e. The fourth-order valence-corrected chi connectivity index (χ4v) is 15.5. The van der Waals surface area contributed by atoms with Crippen LogP contribution in [0.25, 0.3) is 10.9 Å². The number of amides is 4. The van der Waals surface area contributed by atoms with Crippen LogP contribution < -0.4 is 45.1 Å². The zero-order valence-corrected chi connectivity index (χ0v) is 66.0. The van der Waals surface area contributed by atoms with Crippen LogP contribution in [-0.2, 0) is 74.1 Å². The van der Waals surface area contributed by atoms with Gasteiger partial charge in [0, 0.05) is 48.5 Å². The molecule has 0 aliphatic carbocycles. The van der Waals surface area contributed by atoms with Gasteiger partial charge in [-0.2, -0.15) is 0 Å². The number of benzene rings is 6. The van der Waals surface area contributed by atoms with Crippen molar-refractivity contribution < 1.29 is 85.5 Å². The summed E-state index contributed by atoms with van der Waals surface area (Å²) >= 11 is 8.87. The number of β-lactam (4-membered cyclic amide) rings is 1. The zero-order valence-electron chi connectivity index (χ0n) is 63.6. The number of pyridine rings is 1. The summed E-state index contributed by atoms with van der Waals surface area (Å²) in [5.41, 5.74) is 1.58. The third-order valence-corrected chi connectivity index (χ3v) is 21.1. The van der Waals surface area contributed by atoms with Gasteiger partial charge in [0.1, 0.15) is 87.5 Å². The number of aromatic nitrogens is 2. The summed E-state index contributed by atoms with van der Waals surface area (Å²) in [6.07, 6.45) is -1.26. The summed E-state index contributed by atoms with van der Waals surface area (Å²) in [6, 6.07) is 40.4. The highest BCUT2D eigenvalue weighted by molar-refractivity contribution is 8.00. The predicted octanol–water partition coefficient (Wildman–Crippen LogP) is 12.6. The highest BCUT2D eigenvalue weighted by Crippen LogP contribution is 2.44. The Morgan fingerprint density at radius 1 is 0.739 bits per heavy atom. The Kier molecular flexibility index (Phi) is 26.2. The van der Waals surface area contributed by atoms with Crippen molar-refractivity contribution in [3.05, 3.63) is 216 Å². The van der Waals surface area contributed by atoms with Gasteiger partial charge in [0.05, 0.1) is 64.8 Å². The normalized spacial score (nSPS) is 15.7. The standard InChI is InChI=1S/C82H89ClN8O18S2/c1-12-89-43-59(69(93)64-49(2)70(104-46-51-27-33-57(101-10)34-28-51)61(41-60(64)89)103-45-50-25-31-56(100-9)32-26-50)73(94)84-37-40-91(38-19-20-39-91)44-55-48-110-76-67(75(96)90(76)68(55)78(98)106-71(53-21-15-13-16-22-53)54-23-17-14-18-24-54)85-74(95)66(65-72(83)111-79(86-65)87-80(99)108-82(6,7)8)88-109-62(42-63(92)107-81(3,4)5)77(97)105-47-52-29-35-58(102-11)36-30-52/h13-18,21-36,41,43,62,67,71,76H,12,19-20,37-40,42,44-48H2,1-11H3,(H2-,84,85,86,87,94,95,99)/p+1/b88-66-/t62-,67+,76+/m0/s1. The van der Waals surface area contributed by atoms with Crippen molar-refractivity contribution in [1.29, 1.82) is 0 Å². The van der Waals surface area contributed by atoms with Crippen molar-refractivity contribution in [2.45, 2.75) is 136 Å². The summed E-state index contributed by atoms with van der Waals surface area (Å²) in [5, 5.41) is 11.7. The molecule has 26 nitrogen and oxygen atoms in total. The SMILES string of the molecule is CCn1cc(C(=O)NCC[N+]2(CC3=C(C(=O)OC(c4ccccc4)c4ccccc4)N4C(=O)[C@@H](NC(=O)/C(=N\O[C@@H](CC(=O)OC(C)(C)C)C(=O)OCc5ccc(OC)cc5)c5nc(NC(=O)OC(C)(C)C)sc5Cl)[C@H]4SC3)CCCC2)c(=O)c2c(C)c(OCc3ccc(OC)cc3)c(OCc3ccc(OC)cc3)cc21. The largest absolute Gasteiger partial charge is 0.497 e. The number of hydrogen-bond acceptors (Lipinski definition) is 22. The van der Waals surface area contributed by atoms with Crippen molar-refractivity contribution in [3.8, 4) is 28.7 Å². The van der Waals surface area contributed by atoms with E-state index < -0.39 is 94.1 Å². The van der Waals surface area contributed by atoms with Crippen LogP contribution in [0.3, 0.4) is 0 Å². The number of halogens is 1. The lowest BCUT2D eigenvalue weighted by Gasteiger charge is -2.50. The molecule has 3 aliphatic heterocycles. The number of oxime groups is 1. The molecular weight excluding hydrogens is 1480 g/mol. The second kappa shape index (κ2) is 35.8. The lowest BCUT2D eigenvalue weighted by Crippen LogP contribution is -2.71. The number of thiazole rings is 1. The first-order valence-electron chi connectivity index (χ1n) is 36.2. The summed E-state index contributed by atoms with van der Waals surface area (Å²) in [4.78, 5) is 128. The Hall–Kier alpha value is -10.9. The number of carbonyl (C=O) groups is 7. The molecule has 0 radical (unpaired) electrons. The van der Waals surface area contributed by atoms with Crippen LogP contribution in [0.5, 0.6) is 28.7 Å². The van der Waals surface area contributed by atoms with E-state index in [1.807, 2.05) is 121 Å². The molecule has 11 rings (SSSR count). The topological polar surface area (TPSA) is 298 Å². The van der Waals surface area contributed by atoms with Crippen LogP contribution in [0.15, 0.2) is 167 Å². The van der Waals surface area contributed by atoms with Crippen LogP contribution in [-0.4, -0.2) is 155 Å². The first kappa shape index (κ1) is 81.1. The molecule has 4 amide bonds. The summed E-state index contributed by atoms with van der Waals surface area (Å²) < 4.78 is 54.3. The summed E-state index contributed by atoms with van der Waals surface area (Å²) in [7, 11) is 4.69. The maximum absolute atomic E-state index is 15.6. The van der Waals surface area contributed by atoms with Gasteiger partial charge in [-0.25, -0.2) is 19.4 Å². The van der Waals surface area contributed by atoms with E-state index in [0.29, 0.717) is 92.8 Å². The molecule has 5 heterocycles. The number of nitrogens with one attached hydrogen (secondary N) is 3. The Labute approximate surface area is 656 Å². The van der Waals surface area contributed by atoms with Gasteiger partial charge in [0.2, 0.25) is 11.5 Å². The highest BCUT2D eigenvalue weighted by atomic mass is 35.5. The van der Waals surface area contributed by atoms with Crippen LogP contribution in [0.2, 0.25) is 4.34 Å². The van der Waals surface area contributed by atoms with Gasteiger partial charge < -0.3 is 67.2 Å². The van der Waals surface area contributed by atoms with Crippen LogP contribution in [0, 0.1) is 6.92 Å². The third kappa shape index (κ3) is 20.2. The number of nitrogens with zero attached hydrogens (tertiary/aromatic N) is 5. The number of carbonyl (C=O) groups excluding carboxylic acids is 7. The number of methoxy groups -OCH3 is 3. The van der Waals surface area contributed by atoms with Crippen LogP contribution in [0.1, 0.15) is 123 Å². The number of likely N-dealkylation sites (tertiary alicyclic amines) is 1. The number of aryl methyl sites for hydroxylation is 2. The number of quaternary nitrogens is 1. The summed E-state index contributed by atoms with van der Waals surface area (Å²) in [6.45, 7) is 16.0. The first-order chi connectivity index (χ1) is 53.1. The number of anilines is 1. The predicted molar refractivity (Wildman–Crippen MR) is 419 cm³/mol. The Morgan fingerprint density at radius 3 is 1.86 bits per heavy atom. The molecule has 584 valence electrons. The van der Waals surface area contributed by atoms with E-state index >= 15 is 14.4 Å². The molecule has 0 bridgehead atoms. The Bertz CT molecular complexity index is 4810. The average Bonchev–Trinajstić information content (AvgIpc) is 0.972. The van der Waals surface area contributed by atoms with Crippen LogP contribution in [0.4, 0.5) is 9.93 Å². The number of rotatable bonds is 31. The van der Waals surface area contributed by atoms with Gasteiger partial charge in [0.25, 0.3) is 17.7 Å². The van der Waals surface area contributed by atoms with Crippen molar-refractivity contribution >= 4 is 98.2 Å². The van der Waals surface area contributed by atoms with E-state index in [9.17, 15) is 24.0 Å². The van der Waals surface area contributed by atoms with Crippen molar-refractivity contribution in [2.75, 3.05) is 65.1 Å². The van der Waals surface area contributed by atoms with Crippen molar-refractivity contribution in [2.24, 2.45) is 5.16 Å². The lowest BCUT2D eigenvalue weighted by molar-refractivity contribution is -0.911. The minimum absolute atomic E-state index is 0.0244. The van der Waals surface area contributed by atoms with Gasteiger partial charge in [-0.05, 0) is 120 Å². The minimum atomic E-state index is -1.84. The zero-order chi connectivity index (χ0) is 79.3. The molecule has 6 aromatic carbocycles. The van der Waals surface area contributed by atoms with E-state index in [0.717, 1.165) is 35.3 Å².